The van der Waals surface area contributed by atoms with Crippen LogP contribution in [0.15, 0.2) is 21.8 Å². The average Bonchev–Trinajstić information content (AvgIpc) is 2.80. The minimum absolute atomic E-state index is 0.579. The first-order valence-corrected chi connectivity index (χ1v) is 6.19. The van der Waals surface area contributed by atoms with E-state index in [4.69, 9.17) is 10.6 Å². The summed E-state index contributed by atoms with van der Waals surface area (Å²) in [5.41, 5.74) is 3.53. The van der Waals surface area contributed by atoms with Gasteiger partial charge < -0.3 is 10.1 Å². The second-order valence-corrected chi connectivity index (χ2v) is 3.84. The number of ether oxygens (including phenoxy) is 1. The van der Waals surface area contributed by atoms with E-state index in [1.165, 1.54) is 0 Å². The minimum Gasteiger partial charge on any atom is -0.382 e. The lowest BCUT2D eigenvalue weighted by Gasteiger charge is -2.07. The van der Waals surface area contributed by atoms with Gasteiger partial charge in [-0.2, -0.15) is 11.3 Å². The number of nitrogens with two attached hydrogens (primary N) is 1. The summed E-state index contributed by atoms with van der Waals surface area (Å²) in [5, 5.41) is 7.07. The Morgan fingerprint density at radius 2 is 2.50 bits per heavy atom. The number of aliphatic imine (C=N–C) groups is 1. The molecule has 5 nitrogen and oxygen atoms in total. The van der Waals surface area contributed by atoms with E-state index in [0.29, 0.717) is 12.5 Å². The number of nitrogens with one attached hydrogen (secondary N) is 2. The summed E-state index contributed by atoms with van der Waals surface area (Å²) in [6.07, 6.45) is 0.893. The summed E-state index contributed by atoms with van der Waals surface area (Å²) in [6.45, 7) is 4.15. The van der Waals surface area contributed by atoms with Gasteiger partial charge in [-0.1, -0.05) is 0 Å². The molecule has 1 rings (SSSR count). The van der Waals surface area contributed by atoms with Crippen molar-refractivity contribution in [3.8, 4) is 0 Å². The minimum atomic E-state index is 0.579. The highest BCUT2D eigenvalue weighted by atomic mass is 32.1. The molecule has 0 radical (unpaired) electrons. The van der Waals surface area contributed by atoms with Crippen molar-refractivity contribution in [2.75, 3.05) is 25.1 Å². The molecule has 1 heterocycles. The van der Waals surface area contributed by atoms with Crippen molar-refractivity contribution in [3.63, 3.8) is 0 Å². The Morgan fingerprint density at radius 1 is 1.62 bits per heavy atom. The van der Waals surface area contributed by atoms with E-state index in [9.17, 15) is 0 Å². The number of anilines is 1. The van der Waals surface area contributed by atoms with Crippen LogP contribution in [0, 0.1) is 0 Å². The number of hydrogen-bond donors (Lipinski definition) is 3. The quantitative estimate of drug-likeness (QED) is 0.232. The summed E-state index contributed by atoms with van der Waals surface area (Å²) in [4.78, 5) is 4.28. The maximum absolute atomic E-state index is 5.36. The molecule has 0 aromatic carbocycles. The van der Waals surface area contributed by atoms with Gasteiger partial charge in [-0.3, -0.25) is 10.4 Å². The maximum Gasteiger partial charge on any atom is 0.210 e. The average molecular weight is 242 g/mol. The molecule has 0 unspecified atom stereocenters. The van der Waals surface area contributed by atoms with Crippen LogP contribution in [-0.2, 0) is 4.74 Å². The van der Waals surface area contributed by atoms with Gasteiger partial charge in [0.2, 0.25) is 5.96 Å². The third-order valence-electron chi connectivity index (χ3n) is 1.84. The van der Waals surface area contributed by atoms with Crippen molar-refractivity contribution in [1.29, 1.82) is 0 Å². The Balaban J connectivity index is 2.27. The lowest BCUT2D eigenvalue weighted by Crippen LogP contribution is -2.36. The zero-order valence-electron chi connectivity index (χ0n) is 9.40. The second kappa shape index (κ2) is 8.09. The molecule has 16 heavy (non-hydrogen) atoms. The standard InChI is InChI=1S/C10H18N4OS/c1-2-15-6-3-5-12-10(14-11)13-9-4-7-16-8-9/h4,7-8H,2-3,5-6,11H2,1H3,(H2,12,13,14). The smallest absolute Gasteiger partial charge is 0.210 e. The van der Waals surface area contributed by atoms with Crippen LogP contribution in [0.5, 0.6) is 0 Å². The number of hydrazine groups is 1. The fourth-order valence-corrected chi connectivity index (χ4v) is 1.68. The highest BCUT2D eigenvalue weighted by Gasteiger charge is 1.97. The van der Waals surface area contributed by atoms with Gasteiger partial charge in [0.25, 0.3) is 0 Å². The second-order valence-electron chi connectivity index (χ2n) is 3.06. The fourth-order valence-electron chi connectivity index (χ4n) is 1.10. The number of rotatable bonds is 6. The Bertz CT molecular complexity index is 300. The van der Waals surface area contributed by atoms with Gasteiger partial charge in [-0.15, -0.1) is 0 Å². The SMILES string of the molecule is CCOCCCN=C(NN)Nc1ccsc1. The highest BCUT2D eigenvalue weighted by Crippen LogP contribution is 2.11. The van der Waals surface area contributed by atoms with Crippen molar-refractivity contribution in [3.05, 3.63) is 16.8 Å². The first-order chi connectivity index (χ1) is 7.86. The molecule has 6 heteroatoms. The van der Waals surface area contributed by atoms with Gasteiger partial charge in [-0.05, 0) is 24.8 Å². The summed E-state index contributed by atoms with van der Waals surface area (Å²) < 4.78 is 5.22. The molecule has 0 spiro atoms. The normalized spacial score (nSPS) is 11.5. The number of thiophene rings is 1. The topological polar surface area (TPSA) is 71.7 Å². The van der Waals surface area contributed by atoms with E-state index >= 15 is 0 Å². The molecule has 0 saturated heterocycles. The molecule has 1 aromatic rings. The zero-order chi connectivity index (χ0) is 11.6. The summed E-state index contributed by atoms with van der Waals surface area (Å²) >= 11 is 1.62. The van der Waals surface area contributed by atoms with Gasteiger partial charge in [0.15, 0.2) is 0 Å². The molecular formula is C10H18N4OS. The largest absolute Gasteiger partial charge is 0.382 e. The van der Waals surface area contributed by atoms with Gasteiger partial charge in [0, 0.05) is 25.1 Å². The van der Waals surface area contributed by atoms with Crippen LogP contribution >= 0.6 is 11.3 Å². The van der Waals surface area contributed by atoms with E-state index in [2.05, 4.69) is 15.7 Å². The molecule has 0 saturated carbocycles. The van der Waals surface area contributed by atoms with Crippen LogP contribution in [0.25, 0.3) is 0 Å². The summed E-state index contributed by atoms with van der Waals surface area (Å²) in [6, 6.07) is 1.97. The van der Waals surface area contributed by atoms with E-state index in [0.717, 1.165) is 25.3 Å². The molecule has 0 aliphatic rings. The highest BCUT2D eigenvalue weighted by molar-refractivity contribution is 7.08. The van der Waals surface area contributed by atoms with Gasteiger partial charge in [-0.25, -0.2) is 5.84 Å². The number of hydrogen-bond acceptors (Lipinski definition) is 4. The first-order valence-electron chi connectivity index (χ1n) is 5.25. The molecule has 0 bridgehead atoms. The third kappa shape index (κ3) is 5.11. The van der Waals surface area contributed by atoms with E-state index in [1.54, 1.807) is 11.3 Å². The van der Waals surface area contributed by atoms with Crippen molar-refractivity contribution in [2.45, 2.75) is 13.3 Å². The molecule has 0 fully saturated rings. The van der Waals surface area contributed by atoms with Crippen LogP contribution in [0.4, 0.5) is 5.69 Å². The van der Waals surface area contributed by atoms with Crippen LogP contribution in [0.1, 0.15) is 13.3 Å². The molecule has 90 valence electrons. The summed E-state index contributed by atoms with van der Waals surface area (Å²) in [5.74, 6) is 5.94. The molecule has 4 N–H and O–H groups in total. The van der Waals surface area contributed by atoms with Gasteiger partial charge in [0.1, 0.15) is 0 Å². The zero-order valence-corrected chi connectivity index (χ0v) is 10.2. The predicted molar refractivity (Wildman–Crippen MR) is 68.7 cm³/mol. The Hall–Kier alpha value is -1.11. The Morgan fingerprint density at radius 3 is 3.12 bits per heavy atom. The molecular weight excluding hydrogens is 224 g/mol. The van der Waals surface area contributed by atoms with E-state index in [1.807, 2.05) is 23.8 Å². The lowest BCUT2D eigenvalue weighted by molar-refractivity contribution is 0.146. The Kier molecular flexibility index (Phi) is 6.55. The maximum atomic E-state index is 5.36. The lowest BCUT2D eigenvalue weighted by atomic mass is 10.4. The van der Waals surface area contributed by atoms with Crippen molar-refractivity contribution < 1.29 is 4.74 Å². The predicted octanol–water partition coefficient (Wildman–Crippen LogP) is 1.41. The van der Waals surface area contributed by atoms with Crippen LogP contribution < -0.4 is 16.6 Å². The van der Waals surface area contributed by atoms with Gasteiger partial charge in [0.05, 0.1) is 5.69 Å². The fraction of sp³-hybridized carbons (Fsp3) is 0.500. The van der Waals surface area contributed by atoms with E-state index < -0.39 is 0 Å². The monoisotopic (exact) mass is 242 g/mol. The molecule has 0 atom stereocenters. The van der Waals surface area contributed by atoms with Crippen LogP contribution in [-0.4, -0.2) is 25.7 Å². The molecule has 0 amide bonds. The molecule has 0 aliphatic carbocycles. The van der Waals surface area contributed by atoms with E-state index in [-0.39, 0.29) is 0 Å². The number of nitrogens with zero attached hydrogens (tertiary/aromatic N) is 1. The molecule has 0 aliphatic heterocycles. The van der Waals surface area contributed by atoms with Crippen molar-refractivity contribution in [2.24, 2.45) is 10.8 Å². The first kappa shape index (κ1) is 13.0. The Labute approximate surface area is 99.7 Å². The van der Waals surface area contributed by atoms with Crippen LogP contribution in [0.2, 0.25) is 0 Å². The van der Waals surface area contributed by atoms with Crippen LogP contribution in [0.3, 0.4) is 0 Å². The number of guanidine groups is 1. The van der Waals surface area contributed by atoms with Crippen molar-refractivity contribution >= 4 is 23.0 Å². The summed E-state index contributed by atoms with van der Waals surface area (Å²) in [7, 11) is 0. The molecule has 1 aromatic heterocycles. The van der Waals surface area contributed by atoms with Gasteiger partial charge >= 0.3 is 0 Å². The third-order valence-corrected chi connectivity index (χ3v) is 2.52. The van der Waals surface area contributed by atoms with Crippen molar-refractivity contribution in [1.82, 2.24) is 5.43 Å².